The van der Waals surface area contributed by atoms with Gasteiger partial charge in [0.2, 0.25) is 0 Å². The second-order valence-electron chi connectivity index (χ2n) is 7.75. The maximum atomic E-state index is 12.5. The summed E-state index contributed by atoms with van der Waals surface area (Å²) in [7, 11) is 1.48. The molecule has 0 heterocycles. The Kier molecular flexibility index (Phi) is 8.51. The molecule has 0 aliphatic heterocycles. The van der Waals surface area contributed by atoms with Gasteiger partial charge in [0, 0.05) is 23.8 Å². The number of aryl methyl sites for hydroxylation is 1. The van der Waals surface area contributed by atoms with E-state index in [1.807, 2.05) is 47.6 Å². The Morgan fingerprint density at radius 1 is 1.25 bits per heavy atom. The van der Waals surface area contributed by atoms with Crippen molar-refractivity contribution in [2.75, 3.05) is 7.11 Å². The maximum absolute atomic E-state index is 12.5. The third-order valence-corrected chi connectivity index (χ3v) is 6.06. The van der Waals surface area contributed by atoms with Gasteiger partial charge < -0.3 is 20.1 Å². The Morgan fingerprint density at radius 3 is 2.32 bits per heavy atom. The van der Waals surface area contributed by atoms with Gasteiger partial charge in [-0.2, -0.15) is 0 Å². The standard InChI is InChI=1S/C21H32O5.C2H6/c1-6-10-20(12-15(22)11-17(23)21(20,25)13(3)4)18-14(7-2)8-9-16(26-5)19(18)24;1-2/h8-9,13,17,23-25H,6-7,10-12H2,1-5H3;1-2H3. The van der Waals surface area contributed by atoms with Crippen LogP contribution in [0.2, 0.25) is 0 Å². The van der Waals surface area contributed by atoms with Crippen molar-refractivity contribution in [3.8, 4) is 11.5 Å². The molecule has 1 aliphatic rings. The van der Waals surface area contributed by atoms with Gasteiger partial charge in [0.1, 0.15) is 11.4 Å². The Morgan fingerprint density at radius 2 is 1.86 bits per heavy atom. The molecular weight excluding hydrogens is 356 g/mol. The normalized spacial score (nSPS) is 27.4. The maximum Gasteiger partial charge on any atom is 0.161 e. The van der Waals surface area contributed by atoms with Gasteiger partial charge in [0.15, 0.2) is 11.5 Å². The topological polar surface area (TPSA) is 87.0 Å². The van der Waals surface area contributed by atoms with Crippen LogP contribution < -0.4 is 4.74 Å². The fraction of sp³-hybridized carbons (Fsp3) is 0.696. The first-order valence-corrected chi connectivity index (χ1v) is 10.5. The number of methoxy groups -OCH3 is 1. The van der Waals surface area contributed by atoms with Crippen LogP contribution in [-0.2, 0) is 16.6 Å². The minimum atomic E-state index is -1.52. The number of ether oxygens (including phenoxy) is 1. The Labute approximate surface area is 169 Å². The molecule has 1 saturated carbocycles. The number of hydrogen-bond acceptors (Lipinski definition) is 5. The average molecular weight is 395 g/mol. The minimum absolute atomic E-state index is 0.0405. The van der Waals surface area contributed by atoms with E-state index in [4.69, 9.17) is 4.74 Å². The van der Waals surface area contributed by atoms with Gasteiger partial charge in [-0.3, -0.25) is 4.79 Å². The molecule has 3 atom stereocenters. The highest BCUT2D eigenvalue weighted by Gasteiger charge is 2.61. The van der Waals surface area contributed by atoms with Crippen LogP contribution in [0.1, 0.15) is 78.4 Å². The first-order chi connectivity index (χ1) is 13.2. The molecular formula is C23H38O5. The molecule has 1 aromatic rings. The first-order valence-electron chi connectivity index (χ1n) is 10.5. The van der Waals surface area contributed by atoms with Gasteiger partial charge in [-0.05, 0) is 30.4 Å². The molecule has 1 fully saturated rings. The van der Waals surface area contributed by atoms with Crippen molar-refractivity contribution < 1.29 is 24.9 Å². The van der Waals surface area contributed by atoms with E-state index in [2.05, 4.69) is 0 Å². The molecule has 0 radical (unpaired) electrons. The number of hydrogen-bond donors (Lipinski definition) is 3. The van der Waals surface area contributed by atoms with E-state index in [0.717, 1.165) is 5.56 Å². The summed E-state index contributed by atoms with van der Waals surface area (Å²) in [4.78, 5) is 12.5. The molecule has 3 unspecified atom stereocenters. The molecule has 0 aromatic heterocycles. The average Bonchev–Trinajstić information content (AvgIpc) is 2.66. The zero-order valence-corrected chi connectivity index (χ0v) is 18.5. The van der Waals surface area contributed by atoms with E-state index in [0.29, 0.717) is 30.6 Å². The van der Waals surface area contributed by atoms with Gasteiger partial charge in [-0.1, -0.05) is 54.0 Å². The van der Waals surface area contributed by atoms with Crippen LogP contribution in [0.5, 0.6) is 11.5 Å². The lowest BCUT2D eigenvalue weighted by Gasteiger charge is -2.55. The van der Waals surface area contributed by atoms with Crippen molar-refractivity contribution in [2.45, 2.75) is 90.8 Å². The second kappa shape index (κ2) is 9.75. The van der Waals surface area contributed by atoms with Crippen molar-refractivity contribution >= 4 is 5.78 Å². The van der Waals surface area contributed by atoms with E-state index in [-0.39, 0.29) is 30.3 Å². The van der Waals surface area contributed by atoms with Crippen LogP contribution in [0.15, 0.2) is 12.1 Å². The molecule has 3 N–H and O–H groups in total. The third kappa shape index (κ3) is 3.79. The Balaban J connectivity index is 0.00000190. The van der Waals surface area contributed by atoms with Gasteiger partial charge in [-0.25, -0.2) is 0 Å². The van der Waals surface area contributed by atoms with Crippen LogP contribution >= 0.6 is 0 Å². The van der Waals surface area contributed by atoms with Crippen LogP contribution in [-0.4, -0.2) is 39.9 Å². The van der Waals surface area contributed by atoms with E-state index in [1.54, 1.807) is 6.07 Å². The molecule has 1 aromatic carbocycles. The third-order valence-electron chi connectivity index (χ3n) is 6.06. The van der Waals surface area contributed by atoms with Crippen molar-refractivity contribution in [3.63, 3.8) is 0 Å². The zero-order valence-electron chi connectivity index (χ0n) is 18.5. The second-order valence-corrected chi connectivity index (χ2v) is 7.75. The van der Waals surface area contributed by atoms with Gasteiger partial charge in [0.05, 0.1) is 13.2 Å². The molecule has 5 nitrogen and oxygen atoms in total. The number of aliphatic hydroxyl groups excluding tert-OH is 1. The van der Waals surface area contributed by atoms with E-state index < -0.39 is 17.1 Å². The highest BCUT2D eigenvalue weighted by atomic mass is 16.5. The van der Waals surface area contributed by atoms with Gasteiger partial charge in [0.25, 0.3) is 0 Å². The summed E-state index contributed by atoms with van der Waals surface area (Å²) in [6.45, 7) is 11.7. The Bertz CT molecular complexity index is 669. The van der Waals surface area contributed by atoms with Crippen LogP contribution in [0.3, 0.4) is 0 Å². The monoisotopic (exact) mass is 394 g/mol. The van der Waals surface area contributed by atoms with Crippen molar-refractivity contribution in [3.05, 3.63) is 23.3 Å². The molecule has 0 spiro atoms. The molecule has 2 rings (SSSR count). The summed E-state index contributed by atoms with van der Waals surface area (Å²) in [5.41, 5.74) is -1.18. The molecule has 0 amide bonds. The van der Waals surface area contributed by atoms with Gasteiger partial charge in [-0.15, -0.1) is 0 Å². The fourth-order valence-electron chi connectivity index (χ4n) is 4.91. The summed E-state index contributed by atoms with van der Waals surface area (Å²) < 4.78 is 5.30. The molecule has 5 heteroatoms. The van der Waals surface area contributed by atoms with E-state index in [1.165, 1.54) is 7.11 Å². The number of carbonyl (C=O) groups is 1. The van der Waals surface area contributed by atoms with E-state index in [9.17, 15) is 20.1 Å². The number of Topliss-reactive ketones (excluding diaryl/α,β-unsaturated/α-hetero) is 1. The number of benzene rings is 1. The van der Waals surface area contributed by atoms with Crippen molar-refractivity contribution in [2.24, 2.45) is 5.92 Å². The number of aromatic hydroxyl groups is 1. The molecule has 160 valence electrons. The van der Waals surface area contributed by atoms with Crippen LogP contribution in [0.25, 0.3) is 0 Å². The molecule has 0 bridgehead atoms. The van der Waals surface area contributed by atoms with Crippen molar-refractivity contribution in [1.29, 1.82) is 0 Å². The summed E-state index contributed by atoms with van der Waals surface area (Å²) >= 11 is 0. The first kappa shape index (κ1) is 24.4. The lowest BCUT2D eigenvalue weighted by Crippen LogP contribution is -2.66. The lowest BCUT2D eigenvalue weighted by atomic mass is 9.52. The highest BCUT2D eigenvalue weighted by molar-refractivity contribution is 5.83. The Hall–Kier alpha value is -1.59. The lowest BCUT2D eigenvalue weighted by molar-refractivity contribution is -0.184. The zero-order chi connectivity index (χ0) is 21.7. The number of phenols is 1. The molecule has 1 aliphatic carbocycles. The van der Waals surface area contributed by atoms with Crippen LogP contribution in [0.4, 0.5) is 0 Å². The summed E-state index contributed by atoms with van der Waals surface area (Å²) in [5.74, 6) is -0.124. The number of aliphatic hydroxyl groups is 2. The highest BCUT2D eigenvalue weighted by Crippen LogP contribution is 2.56. The van der Waals surface area contributed by atoms with Crippen molar-refractivity contribution in [1.82, 2.24) is 0 Å². The minimum Gasteiger partial charge on any atom is -0.504 e. The summed E-state index contributed by atoms with van der Waals surface area (Å²) in [6.07, 6.45) is 0.682. The number of carbonyl (C=O) groups excluding carboxylic acids is 1. The number of phenolic OH excluding ortho intramolecular Hbond substituents is 1. The molecule has 0 saturated heterocycles. The van der Waals surface area contributed by atoms with Gasteiger partial charge >= 0.3 is 0 Å². The SMILES string of the molecule is CC.CCCC1(c2c(CC)ccc(OC)c2O)CC(=O)CC(O)C1(O)C(C)C. The fourth-order valence-corrected chi connectivity index (χ4v) is 4.91. The molecule has 28 heavy (non-hydrogen) atoms. The summed E-state index contributed by atoms with van der Waals surface area (Å²) in [5, 5.41) is 33.6. The summed E-state index contributed by atoms with van der Waals surface area (Å²) in [6, 6.07) is 3.57. The number of rotatable bonds is 6. The predicted molar refractivity (Wildman–Crippen MR) is 112 cm³/mol. The number of ketones is 1. The smallest absolute Gasteiger partial charge is 0.161 e. The predicted octanol–water partition coefficient (Wildman–Crippen LogP) is 4.14. The quantitative estimate of drug-likeness (QED) is 0.675. The van der Waals surface area contributed by atoms with E-state index >= 15 is 0 Å². The largest absolute Gasteiger partial charge is 0.504 e. The van der Waals surface area contributed by atoms with Crippen LogP contribution in [0, 0.1) is 5.92 Å².